The molecule has 0 aromatic heterocycles. The Morgan fingerprint density at radius 1 is 1.00 bits per heavy atom. The number of nitrogens with one attached hydrogen (secondary N) is 1. The standard InChI is InChI=1S/C21H30N2O/c24-21(17-9-15-8-16(11-17)12-18(21)10-15)14-22-19-6-7-23(13-19)20-4-2-1-3-5-20/h1-5,15-19,22,24H,6-14H2. The summed E-state index contributed by atoms with van der Waals surface area (Å²) in [5.41, 5.74) is 0.906. The molecule has 1 aromatic rings. The summed E-state index contributed by atoms with van der Waals surface area (Å²) in [5.74, 6) is 2.97. The molecule has 4 saturated carbocycles. The minimum Gasteiger partial charge on any atom is -0.388 e. The highest BCUT2D eigenvalue weighted by molar-refractivity contribution is 5.47. The highest BCUT2D eigenvalue weighted by Gasteiger charge is 2.56. The van der Waals surface area contributed by atoms with Crippen LogP contribution >= 0.6 is 0 Å². The first-order valence-corrected chi connectivity index (χ1v) is 9.96. The molecule has 2 N–H and O–H groups in total. The van der Waals surface area contributed by atoms with E-state index >= 15 is 0 Å². The van der Waals surface area contributed by atoms with Crippen LogP contribution in [-0.2, 0) is 0 Å². The van der Waals surface area contributed by atoms with Crippen LogP contribution in [0.15, 0.2) is 30.3 Å². The monoisotopic (exact) mass is 326 g/mol. The van der Waals surface area contributed by atoms with Gasteiger partial charge in [0.05, 0.1) is 5.60 Å². The normalized spacial score (nSPS) is 43.5. The smallest absolute Gasteiger partial charge is 0.0827 e. The Kier molecular flexibility index (Phi) is 3.64. The predicted octanol–water partition coefficient (Wildman–Crippen LogP) is 3.04. The van der Waals surface area contributed by atoms with Gasteiger partial charge in [-0.05, 0) is 74.3 Å². The lowest BCUT2D eigenvalue weighted by atomic mass is 9.50. The molecule has 130 valence electrons. The van der Waals surface area contributed by atoms with Crippen LogP contribution in [0.5, 0.6) is 0 Å². The van der Waals surface area contributed by atoms with Gasteiger partial charge in [0.2, 0.25) is 0 Å². The summed E-state index contributed by atoms with van der Waals surface area (Å²) in [7, 11) is 0. The highest BCUT2D eigenvalue weighted by atomic mass is 16.3. The number of hydrogen-bond acceptors (Lipinski definition) is 3. The van der Waals surface area contributed by atoms with E-state index in [1.807, 2.05) is 0 Å². The summed E-state index contributed by atoms with van der Waals surface area (Å²) < 4.78 is 0. The molecule has 0 radical (unpaired) electrons. The second-order valence-corrected chi connectivity index (χ2v) is 8.94. The quantitative estimate of drug-likeness (QED) is 0.893. The van der Waals surface area contributed by atoms with Crippen LogP contribution in [0, 0.1) is 23.7 Å². The molecule has 6 rings (SSSR count). The molecule has 4 aliphatic carbocycles. The largest absolute Gasteiger partial charge is 0.388 e. The summed E-state index contributed by atoms with van der Waals surface area (Å²) in [6.07, 6.45) is 7.77. The average Bonchev–Trinajstić information content (AvgIpc) is 3.07. The Morgan fingerprint density at radius 2 is 1.67 bits per heavy atom. The number of para-hydroxylation sites is 1. The summed E-state index contributed by atoms with van der Waals surface area (Å²) in [6, 6.07) is 11.2. The van der Waals surface area contributed by atoms with Crippen molar-refractivity contribution < 1.29 is 5.11 Å². The van der Waals surface area contributed by atoms with Crippen molar-refractivity contribution in [2.75, 3.05) is 24.5 Å². The number of hydrogen-bond donors (Lipinski definition) is 2. The van der Waals surface area contributed by atoms with E-state index < -0.39 is 5.60 Å². The maximum atomic E-state index is 11.5. The van der Waals surface area contributed by atoms with Gasteiger partial charge in [-0.1, -0.05) is 18.2 Å². The van der Waals surface area contributed by atoms with Crippen LogP contribution < -0.4 is 10.2 Å². The van der Waals surface area contributed by atoms with Crippen molar-refractivity contribution >= 4 is 5.69 Å². The fraction of sp³-hybridized carbons (Fsp3) is 0.714. The zero-order valence-electron chi connectivity index (χ0n) is 14.5. The Bertz CT molecular complexity index is 559. The molecular formula is C21H30N2O. The molecule has 3 heteroatoms. The zero-order valence-corrected chi connectivity index (χ0v) is 14.5. The fourth-order valence-corrected chi connectivity index (χ4v) is 6.40. The first-order chi connectivity index (χ1) is 11.7. The fourth-order valence-electron chi connectivity index (χ4n) is 6.40. The molecule has 1 aliphatic heterocycles. The van der Waals surface area contributed by atoms with E-state index in [4.69, 9.17) is 0 Å². The molecule has 4 bridgehead atoms. The van der Waals surface area contributed by atoms with Gasteiger partial charge < -0.3 is 15.3 Å². The maximum Gasteiger partial charge on any atom is 0.0827 e. The van der Waals surface area contributed by atoms with Gasteiger partial charge in [-0.15, -0.1) is 0 Å². The van der Waals surface area contributed by atoms with E-state index in [1.165, 1.54) is 44.2 Å². The van der Waals surface area contributed by atoms with Crippen LogP contribution in [-0.4, -0.2) is 36.4 Å². The number of rotatable bonds is 4. The second kappa shape index (κ2) is 5.74. The van der Waals surface area contributed by atoms with Crippen molar-refractivity contribution in [3.05, 3.63) is 30.3 Å². The molecule has 3 nitrogen and oxygen atoms in total. The van der Waals surface area contributed by atoms with Gasteiger partial charge in [0.15, 0.2) is 0 Å². The molecule has 1 saturated heterocycles. The van der Waals surface area contributed by atoms with Crippen molar-refractivity contribution in [3.63, 3.8) is 0 Å². The van der Waals surface area contributed by atoms with Crippen LogP contribution in [0.1, 0.15) is 38.5 Å². The van der Waals surface area contributed by atoms with Crippen LogP contribution in [0.2, 0.25) is 0 Å². The van der Waals surface area contributed by atoms with Gasteiger partial charge in [0.25, 0.3) is 0 Å². The zero-order chi connectivity index (χ0) is 16.1. The molecule has 5 fully saturated rings. The molecule has 24 heavy (non-hydrogen) atoms. The highest BCUT2D eigenvalue weighted by Crippen LogP contribution is 2.58. The van der Waals surface area contributed by atoms with Crippen molar-refractivity contribution in [2.24, 2.45) is 23.7 Å². The number of anilines is 1. The third-order valence-corrected chi connectivity index (χ3v) is 7.54. The van der Waals surface area contributed by atoms with E-state index in [0.29, 0.717) is 17.9 Å². The third-order valence-electron chi connectivity index (χ3n) is 7.54. The second-order valence-electron chi connectivity index (χ2n) is 8.94. The Hall–Kier alpha value is -1.06. The predicted molar refractivity (Wildman–Crippen MR) is 97.1 cm³/mol. The minimum absolute atomic E-state index is 0.423. The average molecular weight is 326 g/mol. The van der Waals surface area contributed by atoms with Crippen molar-refractivity contribution in [1.82, 2.24) is 5.32 Å². The number of benzene rings is 1. The minimum atomic E-state index is -0.423. The molecular weight excluding hydrogens is 296 g/mol. The Morgan fingerprint density at radius 3 is 2.33 bits per heavy atom. The van der Waals surface area contributed by atoms with E-state index in [9.17, 15) is 5.11 Å². The molecule has 0 amide bonds. The van der Waals surface area contributed by atoms with Crippen molar-refractivity contribution in [2.45, 2.75) is 50.2 Å². The first-order valence-electron chi connectivity index (χ1n) is 9.96. The van der Waals surface area contributed by atoms with Gasteiger partial charge in [-0.2, -0.15) is 0 Å². The van der Waals surface area contributed by atoms with Gasteiger partial charge >= 0.3 is 0 Å². The maximum absolute atomic E-state index is 11.5. The summed E-state index contributed by atoms with van der Waals surface area (Å²) in [6.45, 7) is 3.01. The molecule has 0 spiro atoms. The van der Waals surface area contributed by atoms with E-state index in [1.54, 1.807) is 0 Å². The van der Waals surface area contributed by atoms with E-state index in [0.717, 1.165) is 31.5 Å². The Labute approximate surface area is 145 Å². The van der Waals surface area contributed by atoms with Crippen molar-refractivity contribution in [3.8, 4) is 0 Å². The lowest BCUT2D eigenvalue weighted by molar-refractivity contribution is -0.170. The summed E-state index contributed by atoms with van der Waals surface area (Å²) in [4.78, 5) is 2.47. The van der Waals surface area contributed by atoms with Crippen LogP contribution in [0.3, 0.4) is 0 Å². The van der Waals surface area contributed by atoms with Crippen LogP contribution in [0.4, 0.5) is 5.69 Å². The van der Waals surface area contributed by atoms with Crippen LogP contribution in [0.25, 0.3) is 0 Å². The molecule has 1 unspecified atom stereocenters. The van der Waals surface area contributed by atoms with Gasteiger partial charge in [-0.25, -0.2) is 0 Å². The number of aliphatic hydroxyl groups is 1. The van der Waals surface area contributed by atoms with Crippen molar-refractivity contribution in [1.29, 1.82) is 0 Å². The molecule has 1 heterocycles. The first kappa shape index (κ1) is 15.2. The lowest BCUT2D eigenvalue weighted by Gasteiger charge is -2.59. The lowest BCUT2D eigenvalue weighted by Crippen LogP contribution is -2.62. The molecule has 5 aliphatic rings. The number of nitrogens with zero attached hydrogens (tertiary/aromatic N) is 1. The Balaban J connectivity index is 1.21. The SMILES string of the molecule is OC1(CNC2CCN(c3ccccc3)C2)C2CC3CC(C2)CC1C3. The molecule has 1 aromatic carbocycles. The molecule has 1 atom stereocenters. The van der Waals surface area contributed by atoms with Gasteiger partial charge in [0.1, 0.15) is 0 Å². The topological polar surface area (TPSA) is 35.5 Å². The van der Waals surface area contributed by atoms with Gasteiger partial charge in [-0.3, -0.25) is 0 Å². The van der Waals surface area contributed by atoms with E-state index in [-0.39, 0.29) is 0 Å². The summed E-state index contributed by atoms with van der Waals surface area (Å²) in [5, 5.41) is 15.2. The third kappa shape index (κ3) is 2.48. The van der Waals surface area contributed by atoms with Gasteiger partial charge in [0, 0.05) is 31.4 Å². The van der Waals surface area contributed by atoms with E-state index in [2.05, 4.69) is 40.5 Å². The summed E-state index contributed by atoms with van der Waals surface area (Å²) >= 11 is 0.